The summed E-state index contributed by atoms with van der Waals surface area (Å²) in [7, 11) is 0. The molecule has 4 heteroatoms. The maximum Gasteiger partial charge on any atom is 0.147 e. The van der Waals surface area contributed by atoms with Crippen LogP contribution in [-0.2, 0) is 6.42 Å². The highest BCUT2D eigenvalue weighted by molar-refractivity contribution is 5.16. The van der Waals surface area contributed by atoms with Gasteiger partial charge < -0.3 is 5.32 Å². The Morgan fingerprint density at radius 2 is 2.07 bits per heavy atom. The lowest BCUT2D eigenvalue weighted by atomic mass is 9.99. The molecule has 0 bridgehead atoms. The fraction of sp³-hybridized carbons (Fsp3) is 0.500. The zero-order valence-electron chi connectivity index (χ0n) is 7.76. The average Bonchev–Trinajstić information content (AvgIpc) is 2.64. The van der Waals surface area contributed by atoms with Crippen LogP contribution >= 0.6 is 0 Å². The number of aromatic nitrogens is 1. The van der Waals surface area contributed by atoms with E-state index < -0.39 is 11.6 Å². The monoisotopic (exact) mass is 198 g/mol. The van der Waals surface area contributed by atoms with Crippen LogP contribution < -0.4 is 5.32 Å². The molecular weight excluding hydrogens is 186 g/mol. The first-order valence-corrected chi connectivity index (χ1v) is 4.76. The van der Waals surface area contributed by atoms with E-state index in [2.05, 4.69) is 10.3 Å². The van der Waals surface area contributed by atoms with Gasteiger partial charge in [-0.1, -0.05) is 0 Å². The van der Waals surface area contributed by atoms with Gasteiger partial charge in [0.2, 0.25) is 0 Å². The quantitative estimate of drug-likeness (QED) is 0.779. The van der Waals surface area contributed by atoms with E-state index in [9.17, 15) is 8.78 Å². The molecule has 1 fully saturated rings. The van der Waals surface area contributed by atoms with Crippen LogP contribution in [0.2, 0.25) is 0 Å². The molecule has 1 N–H and O–H groups in total. The van der Waals surface area contributed by atoms with Crippen molar-refractivity contribution in [2.75, 3.05) is 13.1 Å². The standard InChI is InChI=1S/C10H12F2N2/c11-9-5-14-6-10(12)8(9)3-7-1-2-13-4-7/h5-7,13H,1-4H2. The van der Waals surface area contributed by atoms with Crippen molar-refractivity contribution in [3.05, 3.63) is 29.6 Å². The number of halogens is 2. The second kappa shape index (κ2) is 4.00. The average molecular weight is 198 g/mol. The molecule has 0 aliphatic carbocycles. The Kier molecular flexibility index (Phi) is 2.72. The Labute approximate surface area is 81.4 Å². The van der Waals surface area contributed by atoms with E-state index in [4.69, 9.17) is 0 Å². The highest BCUT2D eigenvalue weighted by Gasteiger charge is 2.19. The number of nitrogens with zero attached hydrogens (tertiary/aromatic N) is 1. The zero-order valence-corrected chi connectivity index (χ0v) is 7.76. The van der Waals surface area contributed by atoms with Crippen molar-refractivity contribution in [3.63, 3.8) is 0 Å². The lowest BCUT2D eigenvalue weighted by molar-refractivity contribution is 0.500. The Morgan fingerprint density at radius 1 is 1.36 bits per heavy atom. The van der Waals surface area contributed by atoms with Gasteiger partial charge in [0.1, 0.15) is 11.6 Å². The third-order valence-electron chi connectivity index (χ3n) is 2.61. The highest BCUT2D eigenvalue weighted by Crippen LogP contribution is 2.19. The van der Waals surface area contributed by atoms with Crippen molar-refractivity contribution in [2.45, 2.75) is 12.8 Å². The molecule has 1 unspecified atom stereocenters. The second-order valence-electron chi connectivity index (χ2n) is 3.64. The topological polar surface area (TPSA) is 24.9 Å². The zero-order chi connectivity index (χ0) is 9.97. The molecule has 0 amide bonds. The molecule has 14 heavy (non-hydrogen) atoms. The molecule has 1 saturated heterocycles. The Bertz CT molecular complexity index is 302. The first-order valence-electron chi connectivity index (χ1n) is 4.76. The van der Waals surface area contributed by atoms with E-state index in [1.54, 1.807) is 0 Å². The van der Waals surface area contributed by atoms with Crippen molar-refractivity contribution < 1.29 is 8.78 Å². The molecule has 1 aliphatic heterocycles. The van der Waals surface area contributed by atoms with Crippen molar-refractivity contribution in [1.82, 2.24) is 10.3 Å². The van der Waals surface area contributed by atoms with Crippen molar-refractivity contribution in [1.29, 1.82) is 0 Å². The predicted molar refractivity (Wildman–Crippen MR) is 48.8 cm³/mol. The van der Waals surface area contributed by atoms with E-state index in [1.807, 2.05) is 0 Å². The maximum absolute atomic E-state index is 13.2. The molecule has 1 aromatic heterocycles. The van der Waals surface area contributed by atoms with Crippen LogP contribution in [0, 0.1) is 17.6 Å². The normalized spacial score (nSPS) is 21.4. The number of pyridine rings is 1. The Balaban J connectivity index is 2.14. The second-order valence-corrected chi connectivity index (χ2v) is 3.64. The summed E-state index contributed by atoms with van der Waals surface area (Å²) >= 11 is 0. The molecule has 2 nitrogen and oxygen atoms in total. The van der Waals surface area contributed by atoms with Crippen molar-refractivity contribution >= 4 is 0 Å². The molecule has 1 aliphatic rings. The van der Waals surface area contributed by atoms with Crippen LogP contribution in [-0.4, -0.2) is 18.1 Å². The molecule has 0 aromatic carbocycles. The van der Waals surface area contributed by atoms with Crippen molar-refractivity contribution in [3.8, 4) is 0 Å². The molecule has 2 rings (SSSR count). The molecule has 1 aromatic rings. The minimum Gasteiger partial charge on any atom is -0.316 e. The van der Waals surface area contributed by atoms with Gasteiger partial charge >= 0.3 is 0 Å². The van der Waals surface area contributed by atoms with E-state index in [1.165, 1.54) is 0 Å². The Morgan fingerprint density at radius 3 is 2.64 bits per heavy atom. The van der Waals surface area contributed by atoms with Gasteiger partial charge in [0.15, 0.2) is 0 Å². The minimum absolute atomic E-state index is 0.175. The minimum atomic E-state index is -0.531. The molecule has 0 spiro atoms. The van der Waals surface area contributed by atoms with Gasteiger partial charge in [0.25, 0.3) is 0 Å². The van der Waals surface area contributed by atoms with Crippen LogP contribution in [0.1, 0.15) is 12.0 Å². The molecule has 0 saturated carbocycles. The first-order chi connectivity index (χ1) is 6.77. The van der Waals surface area contributed by atoms with E-state index in [0.717, 1.165) is 31.9 Å². The lowest BCUT2D eigenvalue weighted by Gasteiger charge is -2.09. The molecule has 0 radical (unpaired) electrons. The molecule has 1 atom stereocenters. The van der Waals surface area contributed by atoms with E-state index >= 15 is 0 Å². The largest absolute Gasteiger partial charge is 0.316 e. The summed E-state index contributed by atoms with van der Waals surface area (Å²) in [4.78, 5) is 3.45. The van der Waals surface area contributed by atoms with E-state index in [-0.39, 0.29) is 5.56 Å². The Hall–Kier alpha value is -1.03. The SMILES string of the molecule is Fc1cncc(F)c1CC1CCNC1. The molecule has 76 valence electrons. The number of nitrogens with one attached hydrogen (secondary N) is 1. The third kappa shape index (κ3) is 1.90. The molecule has 2 heterocycles. The summed E-state index contributed by atoms with van der Waals surface area (Å²) in [6.07, 6.45) is 3.59. The van der Waals surface area contributed by atoms with Gasteiger partial charge in [0.05, 0.1) is 12.4 Å². The summed E-state index contributed by atoms with van der Waals surface area (Å²) in [5, 5.41) is 3.17. The van der Waals surface area contributed by atoms with Crippen LogP contribution in [0.25, 0.3) is 0 Å². The van der Waals surface area contributed by atoms with Crippen LogP contribution in [0.4, 0.5) is 8.78 Å². The van der Waals surface area contributed by atoms with Gasteiger partial charge in [-0.25, -0.2) is 8.78 Å². The predicted octanol–water partition coefficient (Wildman–Crippen LogP) is 1.51. The lowest BCUT2D eigenvalue weighted by Crippen LogP contribution is -2.12. The van der Waals surface area contributed by atoms with Gasteiger partial charge in [-0.2, -0.15) is 0 Å². The maximum atomic E-state index is 13.2. The third-order valence-corrected chi connectivity index (χ3v) is 2.61. The fourth-order valence-electron chi connectivity index (χ4n) is 1.81. The first kappa shape index (κ1) is 9.52. The van der Waals surface area contributed by atoms with Gasteiger partial charge in [0, 0.05) is 5.56 Å². The summed E-state index contributed by atoms with van der Waals surface area (Å²) in [5.74, 6) is -0.713. The van der Waals surface area contributed by atoms with Crippen LogP contribution in [0.5, 0.6) is 0 Å². The van der Waals surface area contributed by atoms with E-state index in [0.29, 0.717) is 12.3 Å². The van der Waals surface area contributed by atoms with Crippen molar-refractivity contribution in [2.24, 2.45) is 5.92 Å². The highest BCUT2D eigenvalue weighted by atomic mass is 19.1. The summed E-state index contributed by atoms with van der Waals surface area (Å²) in [6, 6.07) is 0. The molecular formula is C10H12F2N2. The number of rotatable bonds is 2. The van der Waals surface area contributed by atoms with Crippen LogP contribution in [0.3, 0.4) is 0 Å². The smallest absolute Gasteiger partial charge is 0.147 e. The van der Waals surface area contributed by atoms with Gasteiger partial charge in [-0.15, -0.1) is 0 Å². The number of hydrogen-bond acceptors (Lipinski definition) is 2. The van der Waals surface area contributed by atoms with Gasteiger partial charge in [-0.3, -0.25) is 4.98 Å². The number of hydrogen-bond donors (Lipinski definition) is 1. The summed E-state index contributed by atoms with van der Waals surface area (Å²) in [6.45, 7) is 1.79. The van der Waals surface area contributed by atoms with Gasteiger partial charge in [-0.05, 0) is 31.8 Å². The van der Waals surface area contributed by atoms with Crippen LogP contribution in [0.15, 0.2) is 12.4 Å². The summed E-state index contributed by atoms with van der Waals surface area (Å²) < 4.78 is 26.4. The fourth-order valence-corrected chi connectivity index (χ4v) is 1.81. The summed E-state index contributed by atoms with van der Waals surface area (Å²) in [5.41, 5.74) is 0.175.